The summed E-state index contributed by atoms with van der Waals surface area (Å²) in [4.78, 5) is 24.9. The summed E-state index contributed by atoms with van der Waals surface area (Å²) < 4.78 is 7.68. The molecule has 8 nitrogen and oxygen atoms in total. The number of hydrogen-bond donors (Lipinski definition) is 1. The molecule has 1 saturated heterocycles. The molecule has 0 saturated carbocycles. The summed E-state index contributed by atoms with van der Waals surface area (Å²) in [6.07, 6.45) is 4.22. The fourth-order valence-corrected chi connectivity index (χ4v) is 4.94. The average Bonchev–Trinajstić information content (AvgIpc) is 3.28. The number of pyridine rings is 1. The molecule has 172 valence electrons. The van der Waals surface area contributed by atoms with Crippen molar-refractivity contribution in [1.82, 2.24) is 19.6 Å². The number of fused-ring (bicyclic) bond motifs is 3. The van der Waals surface area contributed by atoms with Crippen molar-refractivity contribution in [2.45, 2.75) is 32.5 Å². The van der Waals surface area contributed by atoms with E-state index in [9.17, 15) is 4.79 Å². The molecule has 2 aliphatic heterocycles. The van der Waals surface area contributed by atoms with E-state index in [1.165, 1.54) is 0 Å². The normalized spacial score (nSPS) is 20.3. The molecule has 34 heavy (non-hydrogen) atoms. The molecular formula is C26H26N6O2. The Labute approximate surface area is 197 Å². The van der Waals surface area contributed by atoms with Crippen LogP contribution in [0.2, 0.25) is 0 Å². The zero-order valence-corrected chi connectivity index (χ0v) is 19.2. The van der Waals surface area contributed by atoms with Crippen molar-refractivity contribution in [2.75, 3.05) is 29.9 Å². The van der Waals surface area contributed by atoms with Crippen molar-refractivity contribution in [3.63, 3.8) is 0 Å². The maximum absolute atomic E-state index is 13.0. The monoisotopic (exact) mass is 454 g/mol. The molecule has 2 aliphatic rings. The molecule has 5 heterocycles. The second kappa shape index (κ2) is 8.22. The fourth-order valence-electron chi connectivity index (χ4n) is 4.94. The molecule has 4 aromatic rings. The lowest BCUT2D eigenvalue weighted by molar-refractivity contribution is -0.00550. The molecule has 2 unspecified atom stereocenters. The van der Waals surface area contributed by atoms with E-state index in [4.69, 9.17) is 9.72 Å². The van der Waals surface area contributed by atoms with Crippen molar-refractivity contribution in [2.24, 2.45) is 0 Å². The SMILES string of the molecule is CC1CN(c2nc3c(-c4ccc(-c5ccccc5)nc4)cnn3c3c2C(=O)CCN3)CC(C)O1. The Kier molecular flexibility index (Phi) is 5.03. The third-order valence-corrected chi connectivity index (χ3v) is 6.41. The summed E-state index contributed by atoms with van der Waals surface area (Å²) >= 11 is 0. The Balaban J connectivity index is 1.48. The predicted molar refractivity (Wildman–Crippen MR) is 131 cm³/mol. The third kappa shape index (κ3) is 3.51. The van der Waals surface area contributed by atoms with Gasteiger partial charge in [0.15, 0.2) is 11.4 Å². The van der Waals surface area contributed by atoms with Crippen LogP contribution < -0.4 is 10.2 Å². The number of anilines is 2. The van der Waals surface area contributed by atoms with Gasteiger partial charge in [0.2, 0.25) is 0 Å². The van der Waals surface area contributed by atoms with Gasteiger partial charge in [-0.15, -0.1) is 0 Å². The van der Waals surface area contributed by atoms with Crippen LogP contribution in [0, 0.1) is 0 Å². The molecule has 3 aromatic heterocycles. The Hall–Kier alpha value is -3.78. The summed E-state index contributed by atoms with van der Waals surface area (Å²) in [5, 5.41) is 8.01. The third-order valence-electron chi connectivity index (χ3n) is 6.41. The number of benzene rings is 1. The largest absolute Gasteiger partial charge is 0.372 e. The van der Waals surface area contributed by atoms with Crippen LogP contribution in [0.3, 0.4) is 0 Å². The maximum Gasteiger partial charge on any atom is 0.172 e. The first-order valence-electron chi connectivity index (χ1n) is 11.7. The van der Waals surface area contributed by atoms with Crippen molar-refractivity contribution in [1.29, 1.82) is 0 Å². The maximum atomic E-state index is 13.0. The zero-order chi connectivity index (χ0) is 23.2. The van der Waals surface area contributed by atoms with Gasteiger partial charge in [0.1, 0.15) is 17.2 Å². The van der Waals surface area contributed by atoms with Gasteiger partial charge in [-0.2, -0.15) is 9.61 Å². The number of ether oxygens (including phenoxy) is 1. The van der Waals surface area contributed by atoms with Gasteiger partial charge in [-0.3, -0.25) is 9.78 Å². The zero-order valence-electron chi connectivity index (χ0n) is 19.2. The molecule has 8 heteroatoms. The van der Waals surface area contributed by atoms with E-state index >= 15 is 0 Å². The summed E-state index contributed by atoms with van der Waals surface area (Å²) in [5.41, 5.74) is 5.12. The van der Waals surface area contributed by atoms with Crippen molar-refractivity contribution >= 4 is 23.1 Å². The fraction of sp³-hybridized carbons (Fsp3) is 0.308. The average molecular weight is 455 g/mol. The van der Waals surface area contributed by atoms with Crippen molar-refractivity contribution in [3.05, 3.63) is 60.4 Å². The minimum Gasteiger partial charge on any atom is -0.372 e. The number of nitrogens with zero attached hydrogens (tertiary/aromatic N) is 5. The summed E-state index contributed by atoms with van der Waals surface area (Å²) in [5.74, 6) is 1.51. The molecule has 0 amide bonds. The number of Topliss-reactive ketones (excluding diaryl/α,β-unsaturated/α-hetero) is 1. The van der Waals surface area contributed by atoms with Crippen molar-refractivity contribution < 1.29 is 9.53 Å². The van der Waals surface area contributed by atoms with Gasteiger partial charge in [-0.25, -0.2) is 4.98 Å². The molecule has 0 bridgehead atoms. The minimum absolute atomic E-state index is 0.0585. The lowest BCUT2D eigenvalue weighted by Gasteiger charge is -2.37. The molecular weight excluding hydrogens is 428 g/mol. The van der Waals surface area contributed by atoms with E-state index in [2.05, 4.69) is 34.1 Å². The van der Waals surface area contributed by atoms with Crippen LogP contribution in [0.4, 0.5) is 11.6 Å². The first-order chi connectivity index (χ1) is 16.6. The Morgan fingerprint density at radius 1 is 1.00 bits per heavy atom. The topological polar surface area (TPSA) is 84.7 Å². The van der Waals surface area contributed by atoms with E-state index in [1.807, 2.05) is 48.7 Å². The predicted octanol–water partition coefficient (Wildman–Crippen LogP) is 4.07. The van der Waals surface area contributed by atoms with Gasteiger partial charge < -0.3 is 15.0 Å². The highest BCUT2D eigenvalue weighted by molar-refractivity contribution is 6.07. The van der Waals surface area contributed by atoms with Crippen LogP contribution in [0.15, 0.2) is 54.9 Å². The van der Waals surface area contributed by atoms with Crippen LogP contribution in [0.25, 0.3) is 28.0 Å². The number of rotatable bonds is 3. The molecule has 2 atom stereocenters. The van der Waals surface area contributed by atoms with Gasteiger partial charge in [0, 0.05) is 48.9 Å². The van der Waals surface area contributed by atoms with E-state index in [0.717, 1.165) is 22.4 Å². The summed E-state index contributed by atoms with van der Waals surface area (Å²) in [7, 11) is 0. The van der Waals surface area contributed by atoms with Crippen LogP contribution in [0.1, 0.15) is 30.6 Å². The lowest BCUT2D eigenvalue weighted by atomic mass is 10.0. The van der Waals surface area contributed by atoms with E-state index in [0.29, 0.717) is 48.9 Å². The number of morpholine rings is 1. The van der Waals surface area contributed by atoms with Crippen molar-refractivity contribution in [3.8, 4) is 22.4 Å². The van der Waals surface area contributed by atoms with Crippen LogP contribution in [-0.2, 0) is 4.74 Å². The van der Waals surface area contributed by atoms with Crippen LogP contribution >= 0.6 is 0 Å². The number of hydrogen-bond acceptors (Lipinski definition) is 7. The van der Waals surface area contributed by atoms with Gasteiger partial charge >= 0.3 is 0 Å². The minimum atomic E-state index is 0.0585. The molecule has 0 spiro atoms. The highest BCUT2D eigenvalue weighted by Crippen LogP contribution is 2.35. The molecule has 6 rings (SSSR count). The second-order valence-corrected chi connectivity index (χ2v) is 9.01. The van der Waals surface area contributed by atoms with Gasteiger partial charge in [0.25, 0.3) is 0 Å². The van der Waals surface area contributed by atoms with Crippen LogP contribution in [0.5, 0.6) is 0 Å². The summed E-state index contributed by atoms with van der Waals surface area (Å²) in [6, 6.07) is 14.2. The molecule has 1 fully saturated rings. The first-order valence-corrected chi connectivity index (χ1v) is 11.7. The molecule has 1 N–H and O–H groups in total. The first kappa shape index (κ1) is 20.8. The van der Waals surface area contributed by atoms with E-state index < -0.39 is 0 Å². The quantitative estimate of drug-likeness (QED) is 0.499. The molecule has 0 aliphatic carbocycles. The molecule has 0 radical (unpaired) electrons. The Morgan fingerprint density at radius 2 is 1.79 bits per heavy atom. The second-order valence-electron chi connectivity index (χ2n) is 9.01. The van der Waals surface area contributed by atoms with Gasteiger partial charge in [-0.05, 0) is 19.9 Å². The number of nitrogens with one attached hydrogen (secondary N) is 1. The standard InChI is InChI=1S/C26H26N6O2/c1-16-14-31(15-17(2)34-16)26-23-22(33)10-11-27-25(23)32-24(30-26)20(13-29-32)19-8-9-21(28-12-19)18-6-4-3-5-7-18/h3-9,12-13,16-17,27H,10-11,14-15H2,1-2H3. The lowest BCUT2D eigenvalue weighted by Crippen LogP contribution is -2.46. The smallest absolute Gasteiger partial charge is 0.172 e. The van der Waals surface area contributed by atoms with Crippen LogP contribution in [-0.4, -0.2) is 57.2 Å². The number of aromatic nitrogens is 4. The number of carbonyl (C=O) groups is 1. The number of ketones is 1. The van der Waals surface area contributed by atoms with E-state index in [1.54, 1.807) is 10.7 Å². The van der Waals surface area contributed by atoms with Gasteiger partial charge in [-0.1, -0.05) is 36.4 Å². The Bertz CT molecular complexity index is 1360. The highest BCUT2D eigenvalue weighted by atomic mass is 16.5. The molecule has 1 aromatic carbocycles. The van der Waals surface area contributed by atoms with Gasteiger partial charge in [0.05, 0.1) is 24.1 Å². The highest BCUT2D eigenvalue weighted by Gasteiger charge is 2.32. The number of carbonyl (C=O) groups excluding carboxylic acids is 1. The summed E-state index contributed by atoms with van der Waals surface area (Å²) in [6.45, 7) is 6.06. The van der Waals surface area contributed by atoms with E-state index in [-0.39, 0.29) is 18.0 Å². The Morgan fingerprint density at radius 3 is 2.53 bits per heavy atom.